The van der Waals surface area contributed by atoms with Crippen LogP contribution in [0.15, 0.2) is 29.4 Å². The average molecular weight is 354 g/mol. The Morgan fingerprint density at radius 3 is 2.82 bits per heavy atom. The number of aromatic nitrogens is 1. The Kier molecular flexibility index (Phi) is 5.98. The van der Waals surface area contributed by atoms with Crippen LogP contribution in [0.4, 0.5) is 0 Å². The average Bonchev–Trinajstić information content (AvgIpc) is 2.76. The molecule has 0 spiro atoms. The number of carbonyl (C=O) groups excluding carboxylic acids is 1. The number of pyridine rings is 1. The molecule has 1 aromatic heterocycles. The molecule has 1 atom stereocenters. The van der Waals surface area contributed by atoms with E-state index in [0.717, 1.165) is 17.3 Å². The molecule has 2 rings (SSSR count). The molecule has 0 saturated carbocycles. The van der Waals surface area contributed by atoms with E-state index in [-0.39, 0.29) is 5.91 Å². The molecule has 1 aliphatic rings. The highest BCUT2D eigenvalue weighted by Gasteiger charge is 2.40. The second-order valence-corrected chi connectivity index (χ2v) is 7.13. The Labute approximate surface area is 142 Å². The van der Waals surface area contributed by atoms with Crippen molar-refractivity contribution in [1.29, 1.82) is 0 Å². The number of hydrogen-bond acceptors (Lipinski definition) is 6. The minimum Gasteiger partial charge on any atom is -0.480 e. The van der Waals surface area contributed by atoms with Crippen LogP contribution in [0.2, 0.25) is 0 Å². The standard InChI is InChI=1S/C14H14N2O3S3/c1-21-7-4-10(13(18)19)16-12(17)11(22-14(16)20)8-9-2-5-15-6-3-9/h2-3,5-6,8,10H,4,7H2,1H3,(H,18,19)/b11-8+. The van der Waals surface area contributed by atoms with E-state index in [4.69, 9.17) is 12.2 Å². The lowest BCUT2D eigenvalue weighted by Crippen LogP contribution is -2.44. The predicted octanol–water partition coefficient (Wildman–Crippen LogP) is 2.49. The fraction of sp³-hybridized carbons (Fsp3) is 0.286. The summed E-state index contributed by atoms with van der Waals surface area (Å²) in [4.78, 5) is 29.5. The van der Waals surface area contributed by atoms with Crippen LogP contribution in [0.5, 0.6) is 0 Å². The minimum absolute atomic E-state index is 0.291. The van der Waals surface area contributed by atoms with Gasteiger partial charge in [-0.25, -0.2) is 4.79 Å². The van der Waals surface area contributed by atoms with Crippen molar-refractivity contribution >= 4 is 58.0 Å². The number of amides is 1. The maximum Gasteiger partial charge on any atom is 0.326 e. The molecule has 5 nitrogen and oxygen atoms in total. The van der Waals surface area contributed by atoms with Gasteiger partial charge in [0.25, 0.3) is 5.91 Å². The molecule has 1 aliphatic heterocycles. The van der Waals surface area contributed by atoms with E-state index in [0.29, 0.717) is 21.4 Å². The van der Waals surface area contributed by atoms with Crippen LogP contribution >= 0.6 is 35.7 Å². The molecule has 1 amide bonds. The topological polar surface area (TPSA) is 70.5 Å². The smallest absolute Gasteiger partial charge is 0.326 e. The first-order valence-corrected chi connectivity index (χ1v) is 9.05. The molecule has 1 unspecified atom stereocenters. The van der Waals surface area contributed by atoms with Crippen LogP contribution in [0, 0.1) is 0 Å². The Morgan fingerprint density at radius 2 is 2.23 bits per heavy atom. The fourth-order valence-electron chi connectivity index (χ4n) is 1.95. The third-order valence-electron chi connectivity index (χ3n) is 3.02. The second kappa shape index (κ2) is 7.75. The van der Waals surface area contributed by atoms with Crippen molar-refractivity contribution in [3.8, 4) is 0 Å². The maximum atomic E-state index is 12.5. The molecule has 8 heteroatoms. The van der Waals surface area contributed by atoms with Gasteiger partial charge in [-0.3, -0.25) is 14.7 Å². The summed E-state index contributed by atoms with van der Waals surface area (Å²) in [6.45, 7) is 0. The van der Waals surface area contributed by atoms with E-state index >= 15 is 0 Å². The van der Waals surface area contributed by atoms with Crippen LogP contribution in [-0.4, -0.2) is 49.2 Å². The number of carboxylic acid groups (broad SMARTS) is 1. The van der Waals surface area contributed by atoms with E-state index in [9.17, 15) is 14.7 Å². The van der Waals surface area contributed by atoms with Gasteiger partial charge in [0, 0.05) is 12.4 Å². The third kappa shape index (κ3) is 3.88. The SMILES string of the molecule is CSCCC(C(=O)O)N1C(=O)/C(=C\c2ccncc2)SC1=S. The van der Waals surface area contributed by atoms with Gasteiger partial charge >= 0.3 is 5.97 Å². The van der Waals surface area contributed by atoms with Crippen LogP contribution in [-0.2, 0) is 9.59 Å². The zero-order valence-electron chi connectivity index (χ0n) is 11.8. The van der Waals surface area contributed by atoms with E-state index in [2.05, 4.69) is 4.98 Å². The van der Waals surface area contributed by atoms with Gasteiger partial charge < -0.3 is 5.11 Å². The van der Waals surface area contributed by atoms with E-state index < -0.39 is 12.0 Å². The Bertz CT molecular complexity index is 619. The van der Waals surface area contributed by atoms with Gasteiger partial charge in [-0.2, -0.15) is 11.8 Å². The van der Waals surface area contributed by atoms with Crippen molar-refractivity contribution in [1.82, 2.24) is 9.88 Å². The normalized spacial score (nSPS) is 18.0. The highest BCUT2D eigenvalue weighted by atomic mass is 32.2. The number of rotatable bonds is 6. The summed E-state index contributed by atoms with van der Waals surface area (Å²) < 4.78 is 0.291. The van der Waals surface area contributed by atoms with E-state index in [1.165, 1.54) is 16.7 Å². The summed E-state index contributed by atoms with van der Waals surface area (Å²) >= 11 is 7.87. The van der Waals surface area contributed by atoms with Gasteiger partial charge in [0.1, 0.15) is 10.4 Å². The Balaban J connectivity index is 2.24. The van der Waals surface area contributed by atoms with Gasteiger partial charge in [0.05, 0.1) is 4.91 Å². The van der Waals surface area contributed by atoms with Crippen molar-refractivity contribution in [2.24, 2.45) is 0 Å². The first-order valence-electron chi connectivity index (χ1n) is 6.43. The van der Waals surface area contributed by atoms with Crippen LogP contribution in [0.25, 0.3) is 6.08 Å². The first-order chi connectivity index (χ1) is 10.5. The molecular formula is C14H14N2O3S3. The van der Waals surface area contributed by atoms with Gasteiger partial charge in [-0.1, -0.05) is 24.0 Å². The number of carboxylic acids is 1. The largest absolute Gasteiger partial charge is 0.480 e. The summed E-state index contributed by atoms with van der Waals surface area (Å²) in [7, 11) is 0. The van der Waals surface area contributed by atoms with Crippen LogP contribution in [0.3, 0.4) is 0 Å². The lowest BCUT2D eigenvalue weighted by Gasteiger charge is -2.22. The zero-order valence-corrected chi connectivity index (χ0v) is 14.2. The lowest BCUT2D eigenvalue weighted by molar-refractivity contribution is -0.145. The monoisotopic (exact) mass is 354 g/mol. The minimum atomic E-state index is -1.03. The summed E-state index contributed by atoms with van der Waals surface area (Å²) in [5, 5.41) is 9.37. The number of hydrogen-bond donors (Lipinski definition) is 1. The molecule has 1 saturated heterocycles. The molecule has 2 heterocycles. The molecule has 0 aromatic carbocycles. The summed E-state index contributed by atoms with van der Waals surface area (Å²) in [5.74, 6) is -0.729. The number of carbonyl (C=O) groups is 2. The second-order valence-electron chi connectivity index (χ2n) is 4.47. The lowest BCUT2D eigenvalue weighted by atomic mass is 10.2. The summed E-state index contributed by atoms with van der Waals surface area (Å²) in [5.41, 5.74) is 0.825. The van der Waals surface area contributed by atoms with Crippen LogP contribution < -0.4 is 0 Å². The molecule has 22 heavy (non-hydrogen) atoms. The van der Waals surface area contributed by atoms with Gasteiger partial charge in [-0.15, -0.1) is 0 Å². The Hall–Kier alpha value is -1.38. The molecule has 1 aromatic rings. The molecule has 0 aliphatic carbocycles. The van der Waals surface area contributed by atoms with Crippen molar-refractivity contribution in [3.05, 3.63) is 35.0 Å². The highest BCUT2D eigenvalue weighted by Crippen LogP contribution is 2.34. The molecule has 0 radical (unpaired) electrons. The van der Waals surface area contributed by atoms with E-state index in [1.807, 2.05) is 6.26 Å². The van der Waals surface area contributed by atoms with Crippen molar-refractivity contribution in [3.63, 3.8) is 0 Å². The molecule has 0 bridgehead atoms. The summed E-state index contributed by atoms with van der Waals surface area (Å²) in [6, 6.07) is 2.63. The van der Waals surface area contributed by atoms with Gasteiger partial charge in [0.2, 0.25) is 0 Å². The molecule has 116 valence electrons. The Morgan fingerprint density at radius 1 is 1.55 bits per heavy atom. The van der Waals surface area contributed by atoms with Gasteiger partial charge in [0.15, 0.2) is 0 Å². The molecule has 1 N–H and O–H groups in total. The first kappa shape index (κ1) is 17.0. The van der Waals surface area contributed by atoms with Crippen LogP contribution in [0.1, 0.15) is 12.0 Å². The van der Waals surface area contributed by atoms with Crippen molar-refractivity contribution in [2.45, 2.75) is 12.5 Å². The quantitative estimate of drug-likeness (QED) is 0.621. The van der Waals surface area contributed by atoms with Crippen molar-refractivity contribution in [2.75, 3.05) is 12.0 Å². The fourth-order valence-corrected chi connectivity index (χ4v) is 3.77. The number of thioether (sulfide) groups is 2. The maximum absolute atomic E-state index is 12.5. The molecular weight excluding hydrogens is 340 g/mol. The number of thiocarbonyl (C=S) groups is 1. The van der Waals surface area contributed by atoms with Crippen molar-refractivity contribution < 1.29 is 14.7 Å². The highest BCUT2D eigenvalue weighted by molar-refractivity contribution is 8.26. The molecule has 1 fully saturated rings. The third-order valence-corrected chi connectivity index (χ3v) is 4.99. The van der Waals surface area contributed by atoms with E-state index in [1.54, 1.807) is 30.6 Å². The summed E-state index contributed by atoms with van der Waals surface area (Å²) in [6.07, 6.45) is 7.22. The number of aliphatic carboxylic acids is 1. The predicted molar refractivity (Wildman–Crippen MR) is 93.7 cm³/mol. The van der Waals surface area contributed by atoms with Gasteiger partial charge in [-0.05, 0) is 42.2 Å². The number of nitrogens with zero attached hydrogens (tertiary/aromatic N) is 2. The zero-order chi connectivity index (χ0) is 16.1.